The van der Waals surface area contributed by atoms with E-state index in [0.717, 1.165) is 39.0 Å². The molecular weight excluding hydrogens is 479 g/mol. The van der Waals surface area contributed by atoms with Crippen LogP contribution in [-0.4, -0.2) is 55.2 Å². The summed E-state index contributed by atoms with van der Waals surface area (Å²) in [5, 5.41) is 0.603. The minimum atomic E-state index is -1.00. The van der Waals surface area contributed by atoms with Gasteiger partial charge in [0.25, 0.3) is 0 Å². The number of amides is 3. The molecule has 0 atom stereocenters. The number of halogens is 1. The number of pyridine rings is 1. The minimum Gasteiger partial charge on any atom is -0.493 e. The van der Waals surface area contributed by atoms with Crippen LogP contribution in [0.25, 0.3) is 10.9 Å². The Bertz CT molecular complexity index is 1270. The molecule has 0 bridgehead atoms. The van der Waals surface area contributed by atoms with Crippen LogP contribution in [0, 0.1) is 5.82 Å². The van der Waals surface area contributed by atoms with Gasteiger partial charge in [-0.1, -0.05) is 6.42 Å². The van der Waals surface area contributed by atoms with Gasteiger partial charge in [-0.2, -0.15) is 0 Å². The van der Waals surface area contributed by atoms with Crippen LogP contribution in [0.2, 0.25) is 0 Å². The summed E-state index contributed by atoms with van der Waals surface area (Å²) in [6, 6.07) is 7.85. The van der Waals surface area contributed by atoms with Crippen LogP contribution in [-0.2, 0) is 4.79 Å². The topological polar surface area (TPSA) is 107 Å². The maximum Gasteiger partial charge on any atom is 0.326 e. The highest BCUT2D eigenvalue weighted by Gasteiger charge is 2.20. The summed E-state index contributed by atoms with van der Waals surface area (Å²) in [7, 11) is 1.55. The van der Waals surface area contributed by atoms with Crippen molar-refractivity contribution in [3.8, 4) is 23.0 Å². The average molecular weight is 511 g/mol. The van der Waals surface area contributed by atoms with Gasteiger partial charge in [0.2, 0.25) is 5.91 Å². The fraction of sp³-hybridized carbons (Fsp3) is 0.370. The van der Waals surface area contributed by atoms with Crippen LogP contribution >= 0.6 is 0 Å². The second kappa shape index (κ2) is 11.9. The van der Waals surface area contributed by atoms with Gasteiger partial charge in [-0.05, 0) is 56.6 Å². The summed E-state index contributed by atoms with van der Waals surface area (Å²) >= 11 is 0. The van der Waals surface area contributed by atoms with Crippen molar-refractivity contribution in [2.24, 2.45) is 5.73 Å². The van der Waals surface area contributed by atoms with E-state index in [1.165, 1.54) is 31.4 Å². The molecule has 1 aliphatic heterocycles. The highest BCUT2D eigenvalue weighted by molar-refractivity contribution is 6.12. The van der Waals surface area contributed by atoms with Crippen molar-refractivity contribution in [3.63, 3.8) is 0 Å². The fourth-order valence-electron chi connectivity index (χ4n) is 4.44. The second-order valence-corrected chi connectivity index (χ2v) is 8.84. The van der Waals surface area contributed by atoms with Crippen LogP contribution in [0.4, 0.5) is 14.9 Å². The molecule has 2 aromatic carbocycles. The summed E-state index contributed by atoms with van der Waals surface area (Å²) in [4.78, 5) is 30.8. The molecule has 37 heavy (non-hydrogen) atoms. The van der Waals surface area contributed by atoms with E-state index in [1.807, 2.05) is 0 Å². The largest absolute Gasteiger partial charge is 0.493 e. The van der Waals surface area contributed by atoms with Gasteiger partial charge in [0, 0.05) is 37.2 Å². The molecule has 2 N–H and O–H groups in total. The van der Waals surface area contributed by atoms with E-state index in [4.69, 9.17) is 19.9 Å². The molecule has 0 unspecified atom stereocenters. The van der Waals surface area contributed by atoms with Gasteiger partial charge in [0.1, 0.15) is 5.75 Å². The molecule has 3 amide bonds. The first-order valence-electron chi connectivity index (χ1n) is 12.3. The van der Waals surface area contributed by atoms with Gasteiger partial charge >= 0.3 is 6.03 Å². The lowest BCUT2D eigenvalue weighted by Gasteiger charge is -2.26. The number of carbonyl (C=O) groups excluding carboxylic acids is 2. The minimum absolute atomic E-state index is 0.00758. The number of benzene rings is 2. The van der Waals surface area contributed by atoms with Crippen molar-refractivity contribution in [3.05, 3.63) is 48.4 Å². The first-order valence-corrected chi connectivity index (χ1v) is 12.3. The first-order chi connectivity index (χ1) is 17.9. The lowest BCUT2D eigenvalue weighted by Crippen LogP contribution is -2.39. The zero-order chi connectivity index (χ0) is 26.4. The molecule has 1 fully saturated rings. The zero-order valence-corrected chi connectivity index (χ0v) is 21.0. The molecule has 3 aromatic rings. The number of fused-ring (bicyclic) bond motifs is 1. The highest BCUT2D eigenvalue weighted by Crippen LogP contribution is 2.38. The Morgan fingerprint density at radius 2 is 1.84 bits per heavy atom. The Morgan fingerprint density at radius 1 is 1.05 bits per heavy atom. The van der Waals surface area contributed by atoms with Crippen molar-refractivity contribution >= 4 is 28.5 Å². The van der Waals surface area contributed by atoms with Gasteiger partial charge in [-0.25, -0.2) is 14.1 Å². The number of nitrogens with zero attached hydrogens (tertiary/aromatic N) is 3. The third-order valence-electron chi connectivity index (χ3n) is 6.24. The molecule has 1 aliphatic rings. The molecule has 0 radical (unpaired) electrons. The van der Waals surface area contributed by atoms with E-state index in [0.29, 0.717) is 39.7 Å². The monoisotopic (exact) mass is 510 g/mol. The van der Waals surface area contributed by atoms with Crippen LogP contribution < -0.4 is 24.8 Å². The van der Waals surface area contributed by atoms with E-state index in [9.17, 15) is 14.0 Å². The van der Waals surface area contributed by atoms with E-state index < -0.39 is 17.8 Å². The number of primary amides is 1. The lowest BCUT2D eigenvalue weighted by atomic mass is 10.1. The number of hydrogen-bond acceptors (Lipinski definition) is 7. The number of ether oxygens (including phenoxy) is 3. The second-order valence-electron chi connectivity index (χ2n) is 8.84. The number of methoxy groups -OCH3 is 1. The van der Waals surface area contributed by atoms with E-state index in [1.54, 1.807) is 31.5 Å². The number of anilines is 1. The van der Waals surface area contributed by atoms with Gasteiger partial charge in [-0.3, -0.25) is 9.78 Å². The average Bonchev–Trinajstić information content (AvgIpc) is 2.88. The number of nitrogens with two attached hydrogens (primary N) is 1. The van der Waals surface area contributed by atoms with E-state index in [-0.39, 0.29) is 11.4 Å². The maximum absolute atomic E-state index is 14.9. The first kappa shape index (κ1) is 26.2. The molecule has 10 heteroatoms. The predicted molar refractivity (Wildman–Crippen MR) is 138 cm³/mol. The summed E-state index contributed by atoms with van der Waals surface area (Å²) < 4.78 is 32.3. The summed E-state index contributed by atoms with van der Waals surface area (Å²) in [5.41, 5.74) is 5.84. The maximum atomic E-state index is 14.9. The highest BCUT2D eigenvalue weighted by atomic mass is 19.1. The molecule has 0 aliphatic carbocycles. The molecule has 1 aromatic heterocycles. The standard InChI is InChI=1S/C27H31FN4O5/c1-18(33)32(27(29)34)19-7-8-24(21(28)15-19)37-23-9-10-30-22-17-26(25(35-2)16-20(22)23)36-14-6-13-31-11-4-3-5-12-31/h7-10,15-17H,3-6,11-14H2,1-2H3,(H2,29,34). The molecule has 9 nitrogen and oxygen atoms in total. The number of hydrogen-bond donors (Lipinski definition) is 1. The van der Waals surface area contributed by atoms with Crippen LogP contribution in [0.3, 0.4) is 0 Å². The van der Waals surface area contributed by atoms with Crippen LogP contribution in [0.5, 0.6) is 23.0 Å². The van der Waals surface area contributed by atoms with Gasteiger partial charge in [0.15, 0.2) is 23.1 Å². The number of urea groups is 1. The smallest absolute Gasteiger partial charge is 0.326 e. The van der Waals surface area contributed by atoms with Crippen molar-refractivity contribution < 1.29 is 28.2 Å². The Hall–Kier alpha value is -3.92. The van der Waals surface area contributed by atoms with Gasteiger partial charge in [0.05, 0.1) is 24.9 Å². The zero-order valence-electron chi connectivity index (χ0n) is 21.0. The van der Waals surface area contributed by atoms with E-state index >= 15 is 0 Å². The Kier molecular flexibility index (Phi) is 8.39. The molecule has 0 saturated carbocycles. The number of carbonyl (C=O) groups is 2. The molecule has 4 rings (SSSR count). The normalized spacial score (nSPS) is 13.8. The Balaban J connectivity index is 1.51. The molecular formula is C27H31FN4O5. The summed E-state index contributed by atoms with van der Waals surface area (Å²) in [6.45, 7) is 5.01. The molecule has 1 saturated heterocycles. The Labute approximate surface area is 214 Å². The number of imide groups is 1. The number of likely N-dealkylation sites (tertiary alicyclic amines) is 1. The van der Waals surface area contributed by atoms with Gasteiger partial charge < -0.3 is 24.8 Å². The van der Waals surface area contributed by atoms with Crippen molar-refractivity contribution in [2.75, 3.05) is 38.3 Å². The number of piperidine rings is 1. The summed E-state index contributed by atoms with van der Waals surface area (Å²) in [6.07, 6.45) is 6.29. The molecule has 196 valence electrons. The van der Waals surface area contributed by atoms with Crippen molar-refractivity contribution in [2.45, 2.75) is 32.6 Å². The summed E-state index contributed by atoms with van der Waals surface area (Å²) in [5.74, 6) is -0.0543. The van der Waals surface area contributed by atoms with Crippen molar-refractivity contribution in [1.82, 2.24) is 9.88 Å². The SMILES string of the molecule is COc1cc2c(Oc3ccc(N(C(C)=O)C(N)=O)cc3F)ccnc2cc1OCCCN1CCCCC1. The van der Waals surface area contributed by atoms with Crippen LogP contribution in [0.1, 0.15) is 32.6 Å². The third kappa shape index (κ3) is 6.26. The molecule has 2 heterocycles. The van der Waals surface area contributed by atoms with E-state index in [2.05, 4.69) is 9.88 Å². The Morgan fingerprint density at radius 3 is 2.51 bits per heavy atom. The fourth-order valence-corrected chi connectivity index (χ4v) is 4.44. The molecule has 0 spiro atoms. The van der Waals surface area contributed by atoms with Crippen molar-refractivity contribution in [1.29, 1.82) is 0 Å². The van der Waals surface area contributed by atoms with Crippen LogP contribution in [0.15, 0.2) is 42.6 Å². The lowest BCUT2D eigenvalue weighted by molar-refractivity contribution is -0.115. The third-order valence-corrected chi connectivity index (χ3v) is 6.24. The van der Waals surface area contributed by atoms with Gasteiger partial charge in [-0.15, -0.1) is 0 Å². The quantitative estimate of drug-likeness (QED) is 0.410. The number of aromatic nitrogens is 1. The predicted octanol–water partition coefficient (Wildman–Crippen LogP) is 4.86. The number of rotatable bonds is 9.